The van der Waals surface area contributed by atoms with Gasteiger partial charge in [0.25, 0.3) is 0 Å². The average molecular weight is 340 g/mol. The van der Waals surface area contributed by atoms with Crippen LogP contribution < -0.4 is 20.6 Å². The maximum atomic E-state index is 9.11. The van der Waals surface area contributed by atoms with Crippen LogP contribution in [-0.2, 0) is 6.61 Å². The van der Waals surface area contributed by atoms with E-state index in [0.29, 0.717) is 17.1 Å². The average Bonchev–Trinajstić information content (AvgIpc) is 2.60. The fourth-order valence-electron chi connectivity index (χ4n) is 1.96. The minimum atomic E-state index is 0.0920. The number of nitriles is 1. The van der Waals surface area contributed by atoms with Crippen LogP contribution in [0, 0.1) is 11.3 Å². The molecule has 0 atom stereocenters. The van der Waals surface area contributed by atoms with Gasteiger partial charge in [0, 0.05) is 5.56 Å². The number of benzene rings is 2. The van der Waals surface area contributed by atoms with Crippen LogP contribution in [0.25, 0.3) is 0 Å². The topological polar surface area (TPSA) is 92.7 Å². The van der Waals surface area contributed by atoms with E-state index in [-0.39, 0.29) is 11.7 Å². The van der Waals surface area contributed by atoms with Crippen LogP contribution in [0.4, 0.5) is 0 Å². The molecular formula is C17H16N4O2S. The molecule has 0 saturated heterocycles. The van der Waals surface area contributed by atoms with E-state index in [4.69, 9.17) is 20.5 Å². The number of nitrogens with two attached hydrogens (primary N) is 1. The zero-order chi connectivity index (χ0) is 17.4. The van der Waals surface area contributed by atoms with Gasteiger partial charge >= 0.3 is 0 Å². The lowest BCUT2D eigenvalue weighted by Gasteiger charge is -2.12. The molecule has 2 aromatic rings. The molecule has 122 valence electrons. The summed E-state index contributed by atoms with van der Waals surface area (Å²) in [6, 6.07) is 14.8. The Morgan fingerprint density at radius 1 is 1.33 bits per heavy atom. The molecule has 2 rings (SSSR count). The fourth-order valence-corrected chi connectivity index (χ4v) is 2.02. The SMILES string of the molecule is COc1cc(/C=N\NC(N)=S)ccc1OCc1ccccc1C#N. The normalized spacial score (nSPS) is 10.2. The van der Waals surface area contributed by atoms with Crippen molar-refractivity contribution in [3.05, 3.63) is 59.2 Å². The summed E-state index contributed by atoms with van der Waals surface area (Å²) >= 11 is 4.67. The van der Waals surface area contributed by atoms with Crippen LogP contribution in [0.3, 0.4) is 0 Å². The summed E-state index contributed by atoms with van der Waals surface area (Å²) in [6.07, 6.45) is 1.57. The number of ether oxygens (including phenoxy) is 2. The van der Waals surface area contributed by atoms with E-state index in [2.05, 4.69) is 28.8 Å². The summed E-state index contributed by atoms with van der Waals surface area (Å²) in [4.78, 5) is 0. The lowest BCUT2D eigenvalue weighted by Crippen LogP contribution is -2.23. The molecule has 3 N–H and O–H groups in total. The van der Waals surface area contributed by atoms with Gasteiger partial charge in [0.05, 0.1) is 25.0 Å². The first-order chi connectivity index (χ1) is 11.6. The molecule has 0 heterocycles. The molecule has 6 nitrogen and oxygen atoms in total. The first kappa shape index (κ1) is 17.2. The minimum absolute atomic E-state index is 0.0920. The van der Waals surface area contributed by atoms with E-state index < -0.39 is 0 Å². The van der Waals surface area contributed by atoms with Crippen LogP contribution in [-0.4, -0.2) is 18.4 Å². The number of methoxy groups -OCH3 is 1. The predicted molar refractivity (Wildman–Crippen MR) is 96.0 cm³/mol. The summed E-state index contributed by atoms with van der Waals surface area (Å²) < 4.78 is 11.1. The highest BCUT2D eigenvalue weighted by atomic mass is 32.1. The quantitative estimate of drug-likeness (QED) is 0.476. The standard InChI is InChI=1S/C17H16N4O2S/c1-22-16-8-12(10-20-21-17(19)24)6-7-15(16)23-11-14-5-3-2-4-13(14)9-18/h2-8,10H,11H2,1H3,(H3,19,21,24)/b20-10-. The molecule has 0 aromatic heterocycles. The zero-order valence-corrected chi connectivity index (χ0v) is 13.8. The molecule has 0 spiro atoms. The Bertz CT molecular complexity index is 799. The summed E-state index contributed by atoms with van der Waals surface area (Å²) in [7, 11) is 1.56. The third kappa shape index (κ3) is 4.69. The molecule has 24 heavy (non-hydrogen) atoms. The van der Waals surface area contributed by atoms with Crippen LogP contribution in [0.5, 0.6) is 11.5 Å². The van der Waals surface area contributed by atoms with E-state index in [1.807, 2.05) is 24.3 Å². The van der Waals surface area contributed by atoms with E-state index in [1.54, 1.807) is 31.5 Å². The molecule has 0 bridgehead atoms. The Labute approximate surface area is 145 Å². The zero-order valence-electron chi connectivity index (χ0n) is 13.0. The molecule has 0 aliphatic heterocycles. The Kier molecular flexibility index (Phi) is 6.11. The van der Waals surface area contributed by atoms with Crippen molar-refractivity contribution in [1.82, 2.24) is 5.43 Å². The molecule has 0 unspecified atom stereocenters. The number of hydrogen-bond acceptors (Lipinski definition) is 5. The van der Waals surface area contributed by atoms with Crippen LogP contribution >= 0.6 is 12.2 Å². The van der Waals surface area contributed by atoms with E-state index in [9.17, 15) is 0 Å². The maximum absolute atomic E-state index is 9.11. The van der Waals surface area contributed by atoms with Gasteiger partial charge in [0.1, 0.15) is 6.61 Å². The number of hydrogen-bond donors (Lipinski definition) is 2. The van der Waals surface area contributed by atoms with Crippen molar-refractivity contribution in [2.45, 2.75) is 6.61 Å². The van der Waals surface area contributed by atoms with Gasteiger partial charge in [-0.2, -0.15) is 10.4 Å². The Morgan fingerprint density at radius 3 is 2.83 bits per heavy atom. The molecule has 0 aliphatic carbocycles. The highest BCUT2D eigenvalue weighted by molar-refractivity contribution is 7.80. The highest BCUT2D eigenvalue weighted by Crippen LogP contribution is 2.28. The summed E-state index contributed by atoms with van der Waals surface area (Å²) in [5.41, 5.74) is 9.97. The van der Waals surface area contributed by atoms with E-state index in [1.165, 1.54) is 0 Å². The Hall–Kier alpha value is -3.11. The van der Waals surface area contributed by atoms with Crippen molar-refractivity contribution < 1.29 is 9.47 Å². The predicted octanol–water partition coefficient (Wildman–Crippen LogP) is 2.31. The smallest absolute Gasteiger partial charge is 0.184 e. The summed E-state index contributed by atoms with van der Waals surface area (Å²) in [5.74, 6) is 1.13. The van der Waals surface area contributed by atoms with Gasteiger partial charge in [-0.1, -0.05) is 18.2 Å². The van der Waals surface area contributed by atoms with Crippen molar-refractivity contribution in [2.24, 2.45) is 10.8 Å². The van der Waals surface area contributed by atoms with E-state index in [0.717, 1.165) is 11.1 Å². The molecule has 0 saturated carbocycles. The molecular weight excluding hydrogens is 324 g/mol. The molecule has 0 fully saturated rings. The van der Waals surface area contributed by atoms with Crippen LogP contribution in [0.1, 0.15) is 16.7 Å². The van der Waals surface area contributed by atoms with Crippen LogP contribution in [0.2, 0.25) is 0 Å². The van der Waals surface area contributed by atoms with Gasteiger partial charge in [0.15, 0.2) is 16.6 Å². The van der Waals surface area contributed by atoms with Gasteiger partial charge in [-0.25, -0.2) is 0 Å². The molecule has 2 aromatic carbocycles. The maximum Gasteiger partial charge on any atom is 0.184 e. The molecule has 0 aliphatic rings. The molecule has 0 amide bonds. The fraction of sp³-hybridized carbons (Fsp3) is 0.118. The number of rotatable bonds is 6. The second kappa shape index (κ2) is 8.50. The summed E-state index contributed by atoms with van der Waals surface area (Å²) in [5, 5.41) is 13.1. The number of nitrogens with zero attached hydrogens (tertiary/aromatic N) is 2. The largest absolute Gasteiger partial charge is 0.493 e. The number of thiocarbonyl (C=S) groups is 1. The van der Waals surface area contributed by atoms with Crippen molar-refractivity contribution >= 4 is 23.5 Å². The lowest BCUT2D eigenvalue weighted by molar-refractivity contribution is 0.284. The minimum Gasteiger partial charge on any atom is -0.493 e. The Balaban J connectivity index is 2.12. The van der Waals surface area contributed by atoms with Gasteiger partial charge in [-0.3, -0.25) is 5.43 Å². The lowest BCUT2D eigenvalue weighted by atomic mass is 10.1. The second-order valence-electron chi connectivity index (χ2n) is 4.70. The number of hydrazone groups is 1. The van der Waals surface area contributed by atoms with E-state index >= 15 is 0 Å². The Morgan fingerprint density at radius 2 is 2.12 bits per heavy atom. The third-order valence-electron chi connectivity index (χ3n) is 3.10. The van der Waals surface area contributed by atoms with Crippen molar-refractivity contribution in [2.75, 3.05) is 7.11 Å². The molecule has 7 heteroatoms. The van der Waals surface area contributed by atoms with Crippen molar-refractivity contribution in [3.8, 4) is 17.6 Å². The van der Waals surface area contributed by atoms with Gasteiger partial charge < -0.3 is 15.2 Å². The van der Waals surface area contributed by atoms with Gasteiger partial charge in [0.2, 0.25) is 0 Å². The molecule has 0 radical (unpaired) electrons. The third-order valence-corrected chi connectivity index (χ3v) is 3.19. The van der Waals surface area contributed by atoms with Crippen molar-refractivity contribution in [1.29, 1.82) is 5.26 Å². The van der Waals surface area contributed by atoms with Crippen molar-refractivity contribution in [3.63, 3.8) is 0 Å². The highest BCUT2D eigenvalue weighted by Gasteiger charge is 2.07. The summed E-state index contributed by atoms with van der Waals surface area (Å²) in [6.45, 7) is 0.274. The van der Waals surface area contributed by atoms with Crippen LogP contribution in [0.15, 0.2) is 47.6 Å². The second-order valence-corrected chi connectivity index (χ2v) is 5.14. The number of nitrogens with one attached hydrogen (secondary N) is 1. The first-order valence-electron chi connectivity index (χ1n) is 7.01. The monoisotopic (exact) mass is 340 g/mol. The first-order valence-corrected chi connectivity index (χ1v) is 7.42. The van der Waals surface area contributed by atoms with Gasteiger partial charge in [-0.15, -0.1) is 0 Å². The van der Waals surface area contributed by atoms with Gasteiger partial charge in [-0.05, 0) is 42.0 Å².